The number of hydrogen-bond donors (Lipinski definition) is 2. The summed E-state index contributed by atoms with van der Waals surface area (Å²) in [7, 11) is 0. The summed E-state index contributed by atoms with van der Waals surface area (Å²) in [4.78, 5) is 3.78. The zero-order chi connectivity index (χ0) is 13.0. The van der Waals surface area contributed by atoms with E-state index in [9.17, 15) is 10.2 Å². The van der Waals surface area contributed by atoms with Gasteiger partial charge in [-0.05, 0) is 30.7 Å². The third kappa shape index (κ3) is 2.60. The summed E-state index contributed by atoms with van der Waals surface area (Å²) >= 11 is 0. The van der Waals surface area contributed by atoms with Crippen LogP contribution in [0.1, 0.15) is 24.2 Å². The van der Waals surface area contributed by atoms with Crippen molar-refractivity contribution in [3.05, 3.63) is 53.9 Å². The number of benzene rings is 1. The SMILES string of the molecule is CCOc1ccc(C(O)c2ccncc2O)cc1. The van der Waals surface area contributed by atoms with Crippen molar-refractivity contribution in [3.63, 3.8) is 0 Å². The van der Waals surface area contributed by atoms with E-state index < -0.39 is 6.10 Å². The second-order valence-electron chi connectivity index (χ2n) is 3.84. The second kappa shape index (κ2) is 5.51. The Labute approximate surface area is 106 Å². The molecule has 0 saturated carbocycles. The number of aromatic hydroxyl groups is 1. The Hall–Kier alpha value is -2.07. The predicted molar refractivity (Wildman–Crippen MR) is 67.6 cm³/mol. The van der Waals surface area contributed by atoms with Crippen LogP contribution in [0, 0.1) is 0 Å². The quantitative estimate of drug-likeness (QED) is 0.867. The van der Waals surface area contributed by atoms with Crippen molar-refractivity contribution in [2.24, 2.45) is 0 Å². The molecular formula is C14H15NO3. The van der Waals surface area contributed by atoms with E-state index in [0.29, 0.717) is 17.7 Å². The Morgan fingerprint density at radius 2 is 1.94 bits per heavy atom. The maximum absolute atomic E-state index is 10.2. The average molecular weight is 245 g/mol. The maximum atomic E-state index is 10.2. The van der Waals surface area contributed by atoms with Crippen molar-refractivity contribution in [1.29, 1.82) is 0 Å². The van der Waals surface area contributed by atoms with Crippen LogP contribution >= 0.6 is 0 Å². The van der Waals surface area contributed by atoms with E-state index in [2.05, 4.69) is 4.98 Å². The molecule has 0 saturated heterocycles. The van der Waals surface area contributed by atoms with E-state index in [0.717, 1.165) is 5.75 Å². The molecule has 1 unspecified atom stereocenters. The molecule has 1 aromatic carbocycles. The minimum atomic E-state index is -0.872. The van der Waals surface area contributed by atoms with Gasteiger partial charge in [-0.25, -0.2) is 0 Å². The molecule has 18 heavy (non-hydrogen) atoms. The second-order valence-corrected chi connectivity index (χ2v) is 3.84. The molecule has 1 aromatic heterocycles. The molecule has 0 fully saturated rings. The normalized spacial score (nSPS) is 12.1. The molecule has 2 N–H and O–H groups in total. The van der Waals surface area contributed by atoms with Crippen LogP contribution in [0.25, 0.3) is 0 Å². The monoisotopic (exact) mass is 245 g/mol. The molecule has 1 heterocycles. The van der Waals surface area contributed by atoms with Crippen LogP contribution in [-0.4, -0.2) is 21.8 Å². The Bertz CT molecular complexity index is 511. The molecule has 0 radical (unpaired) electrons. The number of aliphatic hydroxyl groups is 1. The fraction of sp³-hybridized carbons (Fsp3) is 0.214. The molecule has 4 heteroatoms. The number of rotatable bonds is 4. The van der Waals surface area contributed by atoms with Gasteiger partial charge in [-0.3, -0.25) is 4.98 Å². The van der Waals surface area contributed by atoms with Crippen molar-refractivity contribution >= 4 is 0 Å². The first-order chi connectivity index (χ1) is 8.72. The van der Waals surface area contributed by atoms with Crippen LogP contribution in [0.4, 0.5) is 0 Å². The van der Waals surface area contributed by atoms with E-state index >= 15 is 0 Å². The average Bonchev–Trinajstić information content (AvgIpc) is 2.40. The Kier molecular flexibility index (Phi) is 3.79. The highest BCUT2D eigenvalue weighted by molar-refractivity contribution is 5.38. The minimum absolute atomic E-state index is 0.0149. The molecule has 0 aliphatic carbocycles. The smallest absolute Gasteiger partial charge is 0.140 e. The van der Waals surface area contributed by atoms with Crippen molar-refractivity contribution in [2.45, 2.75) is 13.0 Å². The van der Waals surface area contributed by atoms with Gasteiger partial charge in [0.25, 0.3) is 0 Å². The first kappa shape index (κ1) is 12.4. The summed E-state index contributed by atoms with van der Waals surface area (Å²) in [5, 5.41) is 19.8. The fourth-order valence-corrected chi connectivity index (χ4v) is 1.72. The number of aromatic nitrogens is 1. The largest absolute Gasteiger partial charge is 0.506 e. The van der Waals surface area contributed by atoms with Crippen LogP contribution in [-0.2, 0) is 0 Å². The van der Waals surface area contributed by atoms with Gasteiger partial charge >= 0.3 is 0 Å². The van der Waals surface area contributed by atoms with E-state index in [1.165, 1.54) is 12.4 Å². The van der Waals surface area contributed by atoms with Gasteiger partial charge in [-0.2, -0.15) is 0 Å². The van der Waals surface area contributed by atoms with E-state index in [1.54, 1.807) is 30.3 Å². The van der Waals surface area contributed by atoms with Crippen molar-refractivity contribution in [1.82, 2.24) is 4.98 Å². The van der Waals surface area contributed by atoms with Crippen LogP contribution in [0.15, 0.2) is 42.7 Å². The molecule has 0 spiro atoms. The standard InChI is InChI=1S/C14H15NO3/c1-2-18-11-5-3-10(4-6-11)14(17)12-7-8-15-9-13(12)16/h3-9,14,16-17H,2H2,1H3. The lowest BCUT2D eigenvalue weighted by Crippen LogP contribution is -2.00. The van der Waals surface area contributed by atoms with Gasteiger partial charge in [0.2, 0.25) is 0 Å². The third-order valence-electron chi connectivity index (χ3n) is 2.63. The molecule has 2 aromatic rings. The highest BCUT2D eigenvalue weighted by atomic mass is 16.5. The molecule has 2 rings (SSSR count). The van der Waals surface area contributed by atoms with Gasteiger partial charge < -0.3 is 14.9 Å². The lowest BCUT2D eigenvalue weighted by molar-refractivity contribution is 0.215. The first-order valence-corrected chi connectivity index (χ1v) is 5.76. The van der Waals surface area contributed by atoms with Crippen LogP contribution < -0.4 is 4.74 Å². The Morgan fingerprint density at radius 1 is 1.22 bits per heavy atom. The van der Waals surface area contributed by atoms with Gasteiger partial charge in [0.05, 0.1) is 12.8 Å². The van der Waals surface area contributed by atoms with Gasteiger partial charge in [0.15, 0.2) is 0 Å². The zero-order valence-electron chi connectivity index (χ0n) is 10.1. The molecule has 1 atom stereocenters. The fourth-order valence-electron chi connectivity index (χ4n) is 1.72. The lowest BCUT2D eigenvalue weighted by Gasteiger charge is -2.13. The highest BCUT2D eigenvalue weighted by Crippen LogP contribution is 2.29. The van der Waals surface area contributed by atoms with Gasteiger partial charge in [0.1, 0.15) is 17.6 Å². The molecular weight excluding hydrogens is 230 g/mol. The van der Waals surface area contributed by atoms with Crippen LogP contribution in [0.5, 0.6) is 11.5 Å². The summed E-state index contributed by atoms with van der Waals surface area (Å²) in [6.45, 7) is 2.52. The Balaban J connectivity index is 2.23. The van der Waals surface area contributed by atoms with E-state index in [4.69, 9.17) is 4.74 Å². The number of nitrogens with zero attached hydrogens (tertiary/aromatic N) is 1. The molecule has 0 amide bonds. The molecule has 0 aliphatic heterocycles. The number of hydrogen-bond acceptors (Lipinski definition) is 4. The summed E-state index contributed by atoms with van der Waals surface area (Å²) in [5.74, 6) is 0.742. The van der Waals surface area contributed by atoms with Crippen LogP contribution in [0.2, 0.25) is 0 Å². The molecule has 94 valence electrons. The number of aliphatic hydroxyl groups excluding tert-OH is 1. The third-order valence-corrected chi connectivity index (χ3v) is 2.63. The molecule has 4 nitrogen and oxygen atoms in total. The predicted octanol–water partition coefficient (Wildman–Crippen LogP) is 2.27. The van der Waals surface area contributed by atoms with Gasteiger partial charge in [-0.15, -0.1) is 0 Å². The van der Waals surface area contributed by atoms with Gasteiger partial charge in [-0.1, -0.05) is 12.1 Å². The lowest BCUT2D eigenvalue weighted by atomic mass is 10.0. The van der Waals surface area contributed by atoms with Crippen LogP contribution in [0.3, 0.4) is 0 Å². The maximum Gasteiger partial charge on any atom is 0.140 e. The van der Waals surface area contributed by atoms with Crippen molar-refractivity contribution in [3.8, 4) is 11.5 Å². The Morgan fingerprint density at radius 3 is 2.56 bits per heavy atom. The summed E-state index contributed by atoms with van der Waals surface area (Å²) in [6.07, 6.45) is 1.98. The first-order valence-electron chi connectivity index (χ1n) is 5.76. The molecule has 0 bridgehead atoms. The minimum Gasteiger partial charge on any atom is -0.506 e. The molecule has 0 aliphatic rings. The van der Waals surface area contributed by atoms with E-state index in [-0.39, 0.29) is 5.75 Å². The highest BCUT2D eigenvalue weighted by Gasteiger charge is 2.14. The summed E-state index contributed by atoms with van der Waals surface area (Å²) < 4.78 is 5.33. The summed E-state index contributed by atoms with van der Waals surface area (Å²) in [6, 6.07) is 8.72. The number of pyridine rings is 1. The van der Waals surface area contributed by atoms with E-state index in [1.807, 2.05) is 6.92 Å². The summed E-state index contributed by atoms with van der Waals surface area (Å²) in [5.41, 5.74) is 1.13. The number of ether oxygens (including phenoxy) is 1. The zero-order valence-corrected chi connectivity index (χ0v) is 10.1. The van der Waals surface area contributed by atoms with Gasteiger partial charge in [0, 0.05) is 11.8 Å². The van der Waals surface area contributed by atoms with Crippen molar-refractivity contribution in [2.75, 3.05) is 6.61 Å². The van der Waals surface area contributed by atoms with Crippen molar-refractivity contribution < 1.29 is 14.9 Å². The topological polar surface area (TPSA) is 62.6 Å².